The minimum Gasteiger partial charge on any atom is -0.494 e. The first-order valence-corrected chi connectivity index (χ1v) is 11.6. The maximum absolute atomic E-state index is 12.9. The van der Waals surface area contributed by atoms with Crippen molar-refractivity contribution in [3.05, 3.63) is 95.3 Å². The molecule has 0 radical (unpaired) electrons. The van der Waals surface area contributed by atoms with Crippen LogP contribution in [-0.4, -0.2) is 17.1 Å². The molecule has 1 heterocycles. The van der Waals surface area contributed by atoms with E-state index in [1.807, 2.05) is 60.1 Å². The molecule has 1 aromatic heterocycles. The van der Waals surface area contributed by atoms with E-state index in [0.717, 1.165) is 40.3 Å². The molecule has 0 saturated heterocycles. The highest BCUT2D eigenvalue weighted by Crippen LogP contribution is 2.34. The van der Waals surface area contributed by atoms with Crippen molar-refractivity contribution in [2.75, 3.05) is 6.61 Å². The highest BCUT2D eigenvalue weighted by Gasteiger charge is 2.16. The lowest BCUT2D eigenvalue weighted by Crippen LogP contribution is -2.14. The lowest BCUT2D eigenvalue weighted by Gasteiger charge is -2.07. The second-order valence-electron chi connectivity index (χ2n) is 7.50. The zero-order valence-corrected chi connectivity index (χ0v) is 19.1. The van der Waals surface area contributed by atoms with Crippen molar-refractivity contribution in [1.29, 1.82) is 0 Å². The van der Waals surface area contributed by atoms with Crippen LogP contribution in [-0.2, 0) is 7.05 Å². The molecule has 0 bridgehead atoms. The Labute approximate surface area is 192 Å². The predicted octanol–water partition coefficient (Wildman–Crippen LogP) is 6.34. The Morgan fingerprint density at radius 1 is 0.906 bits per heavy atom. The van der Waals surface area contributed by atoms with Gasteiger partial charge in [-0.2, -0.15) is 4.99 Å². The Balaban J connectivity index is 1.70. The average Bonchev–Trinajstić information content (AvgIpc) is 3.16. The molecule has 32 heavy (non-hydrogen) atoms. The second-order valence-corrected chi connectivity index (χ2v) is 8.47. The summed E-state index contributed by atoms with van der Waals surface area (Å²) in [5.41, 5.74) is 3.79. The third-order valence-corrected chi connectivity index (χ3v) is 6.36. The number of amides is 1. The minimum absolute atomic E-state index is 0.263. The van der Waals surface area contributed by atoms with Crippen LogP contribution < -0.4 is 9.54 Å². The number of benzene rings is 3. The van der Waals surface area contributed by atoms with Crippen molar-refractivity contribution >= 4 is 17.2 Å². The molecule has 4 nitrogen and oxygen atoms in total. The summed E-state index contributed by atoms with van der Waals surface area (Å²) in [6.07, 6.45) is 2.10. The van der Waals surface area contributed by atoms with Gasteiger partial charge in [0.2, 0.25) is 0 Å². The largest absolute Gasteiger partial charge is 0.494 e. The van der Waals surface area contributed by atoms with E-state index in [-0.39, 0.29) is 5.91 Å². The smallest absolute Gasteiger partial charge is 0.279 e. The minimum atomic E-state index is -0.263. The normalized spacial score (nSPS) is 11.5. The Kier molecular flexibility index (Phi) is 6.97. The van der Waals surface area contributed by atoms with Crippen molar-refractivity contribution in [3.8, 4) is 27.4 Å². The van der Waals surface area contributed by atoms with Gasteiger partial charge in [0.05, 0.1) is 17.2 Å². The third-order valence-electron chi connectivity index (χ3n) is 5.18. The Bertz CT molecular complexity index is 1240. The molecule has 0 aliphatic heterocycles. The van der Waals surface area contributed by atoms with Gasteiger partial charge in [0.1, 0.15) is 5.75 Å². The van der Waals surface area contributed by atoms with Gasteiger partial charge in [-0.3, -0.25) is 4.79 Å². The van der Waals surface area contributed by atoms with Gasteiger partial charge in [-0.25, -0.2) is 0 Å². The number of carbonyl (C=O) groups is 1. The summed E-state index contributed by atoms with van der Waals surface area (Å²) in [4.78, 5) is 19.1. The van der Waals surface area contributed by atoms with E-state index in [1.54, 1.807) is 12.1 Å². The Morgan fingerprint density at radius 2 is 1.53 bits per heavy atom. The lowest BCUT2D eigenvalue weighted by atomic mass is 10.1. The van der Waals surface area contributed by atoms with Crippen LogP contribution in [0.2, 0.25) is 0 Å². The standard InChI is InChI=1S/C27H26N2O2S/c1-3-4-19-31-23-17-15-22(16-18-23)26(30)28-27-29(2)24(20-11-7-5-8-12-20)25(32-27)21-13-9-6-10-14-21/h5-18H,3-4,19H2,1-2H3. The maximum Gasteiger partial charge on any atom is 0.279 e. The predicted molar refractivity (Wildman–Crippen MR) is 131 cm³/mol. The molecule has 0 aliphatic rings. The van der Waals surface area contributed by atoms with Gasteiger partial charge in [0.25, 0.3) is 5.91 Å². The van der Waals surface area contributed by atoms with E-state index in [2.05, 4.69) is 36.2 Å². The maximum atomic E-state index is 12.9. The van der Waals surface area contributed by atoms with Crippen LogP contribution in [0, 0.1) is 0 Å². The highest BCUT2D eigenvalue weighted by molar-refractivity contribution is 7.13. The number of aromatic nitrogens is 1. The highest BCUT2D eigenvalue weighted by atomic mass is 32.1. The molecule has 3 aromatic carbocycles. The van der Waals surface area contributed by atoms with Gasteiger partial charge in [0.15, 0.2) is 4.80 Å². The van der Waals surface area contributed by atoms with Gasteiger partial charge in [0, 0.05) is 12.6 Å². The topological polar surface area (TPSA) is 43.6 Å². The van der Waals surface area contributed by atoms with Crippen LogP contribution in [0.4, 0.5) is 0 Å². The molecule has 5 heteroatoms. The van der Waals surface area contributed by atoms with Crippen LogP contribution in [0.3, 0.4) is 0 Å². The number of hydrogen-bond acceptors (Lipinski definition) is 3. The van der Waals surface area contributed by atoms with Gasteiger partial charge < -0.3 is 9.30 Å². The molecule has 0 spiro atoms. The van der Waals surface area contributed by atoms with Crippen LogP contribution in [0.25, 0.3) is 21.7 Å². The third kappa shape index (κ3) is 4.89. The fourth-order valence-electron chi connectivity index (χ4n) is 3.44. The summed E-state index contributed by atoms with van der Waals surface area (Å²) >= 11 is 1.52. The fraction of sp³-hybridized carbons (Fsp3) is 0.185. The number of unbranched alkanes of at least 4 members (excludes halogenated alkanes) is 1. The van der Waals surface area contributed by atoms with Crippen LogP contribution in [0.1, 0.15) is 30.1 Å². The molecule has 0 fully saturated rings. The first-order valence-electron chi connectivity index (χ1n) is 10.8. The van der Waals surface area contributed by atoms with Crippen molar-refractivity contribution in [2.24, 2.45) is 12.0 Å². The SMILES string of the molecule is CCCCOc1ccc(C(=O)N=c2sc(-c3ccccc3)c(-c3ccccc3)n2C)cc1. The van der Waals surface area contributed by atoms with Crippen molar-refractivity contribution < 1.29 is 9.53 Å². The van der Waals surface area contributed by atoms with Crippen molar-refractivity contribution in [3.63, 3.8) is 0 Å². The summed E-state index contributed by atoms with van der Waals surface area (Å²) in [7, 11) is 1.96. The van der Waals surface area contributed by atoms with E-state index < -0.39 is 0 Å². The molecule has 162 valence electrons. The summed E-state index contributed by atoms with van der Waals surface area (Å²) in [5, 5.41) is 0. The first-order chi connectivity index (χ1) is 15.7. The van der Waals surface area contributed by atoms with Crippen molar-refractivity contribution in [1.82, 2.24) is 4.57 Å². The fourth-order valence-corrected chi connectivity index (χ4v) is 4.58. The van der Waals surface area contributed by atoms with Gasteiger partial charge >= 0.3 is 0 Å². The zero-order chi connectivity index (χ0) is 22.3. The number of nitrogens with zero attached hydrogens (tertiary/aromatic N) is 2. The van der Waals surface area contributed by atoms with Crippen LogP contribution in [0.5, 0.6) is 5.75 Å². The molecule has 0 aliphatic carbocycles. The van der Waals surface area contributed by atoms with E-state index in [9.17, 15) is 4.79 Å². The molecule has 0 saturated carbocycles. The molecule has 0 atom stereocenters. The molecular formula is C27H26N2O2S. The lowest BCUT2D eigenvalue weighted by molar-refractivity contribution is 0.0998. The van der Waals surface area contributed by atoms with E-state index in [4.69, 9.17) is 4.74 Å². The molecule has 0 unspecified atom stereocenters. The average molecular weight is 443 g/mol. The van der Waals surface area contributed by atoms with E-state index in [0.29, 0.717) is 17.0 Å². The Morgan fingerprint density at radius 3 is 2.16 bits per heavy atom. The monoisotopic (exact) mass is 442 g/mol. The number of rotatable bonds is 7. The summed E-state index contributed by atoms with van der Waals surface area (Å²) in [5.74, 6) is 0.510. The molecule has 1 amide bonds. The van der Waals surface area contributed by atoms with E-state index in [1.165, 1.54) is 11.3 Å². The number of thiazole rings is 1. The summed E-state index contributed by atoms with van der Waals surface area (Å²) < 4.78 is 7.69. The van der Waals surface area contributed by atoms with Crippen LogP contribution in [0.15, 0.2) is 89.9 Å². The molecule has 0 N–H and O–H groups in total. The molecule has 4 aromatic rings. The Hall–Kier alpha value is -3.44. The first kappa shape index (κ1) is 21.8. The summed E-state index contributed by atoms with van der Waals surface area (Å²) in [6.45, 7) is 2.81. The zero-order valence-electron chi connectivity index (χ0n) is 18.3. The molecular weight excluding hydrogens is 416 g/mol. The number of ether oxygens (including phenoxy) is 1. The van der Waals surface area contributed by atoms with Crippen LogP contribution >= 0.6 is 11.3 Å². The van der Waals surface area contributed by atoms with E-state index >= 15 is 0 Å². The quantitative estimate of drug-likeness (QED) is 0.313. The van der Waals surface area contributed by atoms with Gasteiger partial charge in [-0.1, -0.05) is 85.3 Å². The number of hydrogen-bond donors (Lipinski definition) is 0. The summed E-state index contributed by atoms with van der Waals surface area (Å²) in [6, 6.07) is 27.6. The van der Waals surface area contributed by atoms with Crippen molar-refractivity contribution in [2.45, 2.75) is 19.8 Å². The second kappa shape index (κ2) is 10.2. The van der Waals surface area contributed by atoms with Gasteiger partial charge in [-0.15, -0.1) is 0 Å². The van der Waals surface area contributed by atoms with Gasteiger partial charge in [-0.05, 0) is 41.8 Å². The number of carbonyl (C=O) groups excluding carboxylic acids is 1. The molecule has 4 rings (SSSR count).